The molecule has 0 radical (unpaired) electrons. The molecule has 0 N–H and O–H groups in total. The van der Waals surface area contributed by atoms with Crippen LogP contribution in [0.15, 0.2) is 29.3 Å². The van der Waals surface area contributed by atoms with Gasteiger partial charge in [-0.25, -0.2) is 0 Å². The Hall–Kier alpha value is -2.55. The molecule has 0 unspecified atom stereocenters. The molecule has 1 aliphatic rings. The Labute approximate surface area is 185 Å². The topological polar surface area (TPSA) is 57.8 Å². The number of carbonyl (C=O) groups is 1. The minimum Gasteiger partial charge on any atom is -0.496 e. The summed E-state index contributed by atoms with van der Waals surface area (Å²) in [4.78, 5) is 17.2. The van der Waals surface area contributed by atoms with E-state index in [4.69, 9.17) is 9.47 Å². The van der Waals surface area contributed by atoms with E-state index >= 15 is 0 Å². The quantitative estimate of drug-likeness (QED) is 0.687. The summed E-state index contributed by atoms with van der Waals surface area (Å²) in [5, 5.41) is 0. The normalized spacial score (nSPS) is 20.1. The van der Waals surface area contributed by atoms with Gasteiger partial charge in [0.2, 0.25) is 0 Å². The highest BCUT2D eigenvalue weighted by Gasteiger charge is 2.32. The summed E-state index contributed by atoms with van der Waals surface area (Å²) in [6.07, 6.45) is -2.60. The van der Waals surface area contributed by atoms with E-state index in [0.29, 0.717) is 12.0 Å². The number of nitrogens with zero attached hydrogens (tertiary/aromatic N) is 3. The minimum atomic E-state index is -4.58. The summed E-state index contributed by atoms with van der Waals surface area (Å²) >= 11 is 0. The van der Waals surface area contributed by atoms with Crippen molar-refractivity contribution < 1.29 is 27.4 Å². The van der Waals surface area contributed by atoms with Crippen LogP contribution in [0.5, 0.6) is 5.75 Å². The Balaban J connectivity index is 2.10. The SMILES string of the molecule is COc1ccc(C(F)(F)F)cc1C(=O)N=c1cc(C(C)(C)C)n(C)n1C[C@H]1CC[C@H](C)O1. The van der Waals surface area contributed by atoms with Crippen molar-refractivity contribution in [1.29, 1.82) is 0 Å². The number of alkyl halides is 3. The summed E-state index contributed by atoms with van der Waals surface area (Å²) in [7, 11) is 3.19. The lowest BCUT2D eigenvalue weighted by Gasteiger charge is -2.22. The molecule has 32 heavy (non-hydrogen) atoms. The van der Waals surface area contributed by atoms with Crippen molar-refractivity contribution in [3.8, 4) is 5.75 Å². The van der Waals surface area contributed by atoms with Crippen LogP contribution in [0.25, 0.3) is 0 Å². The van der Waals surface area contributed by atoms with Crippen LogP contribution in [0, 0.1) is 0 Å². The molecule has 2 aromatic rings. The van der Waals surface area contributed by atoms with Gasteiger partial charge < -0.3 is 9.47 Å². The van der Waals surface area contributed by atoms with Gasteiger partial charge in [0, 0.05) is 24.2 Å². The van der Waals surface area contributed by atoms with E-state index in [-0.39, 0.29) is 28.9 Å². The Morgan fingerprint density at radius 3 is 2.44 bits per heavy atom. The van der Waals surface area contributed by atoms with Crippen molar-refractivity contribution in [2.75, 3.05) is 7.11 Å². The van der Waals surface area contributed by atoms with Crippen molar-refractivity contribution in [1.82, 2.24) is 9.36 Å². The second kappa shape index (κ2) is 8.77. The molecule has 176 valence electrons. The van der Waals surface area contributed by atoms with Crippen LogP contribution in [0.2, 0.25) is 0 Å². The first-order chi connectivity index (χ1) is 14.8. The summed E-state index contributed by atoms with van der Waals surface area (Å²) in [5.41, 5.74) is -0.0937. The molecule has 1 saturated heterocycles. The molecular formula is C23H30F3N3O3. The maximum Gasteiger partial charge on any atom is 0.416 e. The van der Waals surface area contributed by atoms with Crippen LogP contribution in [-0.2, 0) is 29.9 Å². The highest BCUT2D eigenvalue weighted by molar-refractivity contribution is 5.97. The maximum atomic E-state index is 13.2. The number of carbonyl (C=O) groups excluding carboxylic acids is 1. The van der Waals surface area contributed by atoms with Crippen molar-refractivity contribution >= 4 is 5.91 Å². The molecule has 2 heterocycles. The average Bonchev–Trinajstić information content (AvgIpc) is 3.24. The lowest BCUT2D eigenvalue weighted by Crippen LogP contribution is -2.30. The van der Waals surface area contributed by atoms with Crippen LogP contribution in [0.3, 0.4) is 0 Å². The molecule has 1 aliphatic heterocycles. The Morgan fingerprint density at radius 2 is 1.91 bits per heavy atom. The largest absolute Gasteiger partial charge is 0.496 e. The number of rotatable bonds is 4. The van der Waals surface area contributed by atoms with Crippen molar-refractivity contribution in [2.45, 2.75) is 70.9 Å². The lowest BCUT2D eigenvalue weighted by atomic mass is 9.92. The molecule has 2 atom stereocenters. The molecule has 0 bridgehead atoms. The first kappa shape index (κ1) is 24.1. The summed E-state index contributed by atoms with van der Waals surface area (Å²) < 4.78 is 54.4. The minimum absolute atomic E-state index is 0.0245. The number of hydrogen-bond donors (Lipinski definition) is 0. The Bertz CT molecular complexity index is 1060. The van der Waals surface area contributed by atoms with E-state index in [1.165, 1.54) is 7.11 Å². The number of benzene rings is 1. The molecule has 0 aliphatic carbocycles. The van der Waals surface area contributed by atoms with Gasteiger partial charge in [0.1, 0.15) is 5.75 Å². The van der Waals surface area contributed by atoms with E-state index in [1.54, 1.807) is 6.07 Å². The first-order valence-corrected chi connectivity index (χ1v) is 10.6. The van der Waals surface area contributed by atoms with Gasteiger partial charge in [-0.05, 0) is 38.0 Å². The molecule has 1 aromatic carbocycles. The smallest absolute Gasteiger partial charge is 0.416 e. The zero-order chi connectivity index (χ0) is 23.8. The van der Waals surface area contributed by atoms with Gasteiger partial charge in [0.05, 0.1) is 37.0 Å². The molecule has 1 amide bonds. The second-order valence-corrected chi connectivity index (χ2v) is 9.22. The summed E-state index contributed by atoms with van der Waals surface area (Å²) in [6.45, 7) is 8.64. The van der Waals surface area contributed by atoms with E-state index < -0.39 is 17.6 Å². The number of halogens is 3. The summed E-state index contributed by atoms with van der Waals surface area (Å²) in [6, 6.07) is 4.61. The highest BCUT2D eigenvalue weighted by atomic mass is 19.4. The van der Waals surface area contributed by atoms with Crippen molar-refractivity contribution in [3.05, 3.63) is 46.6 Å². The first-order valence-electron chi connectivity index (χ1n) is 10.6. The lowest BCUT2D eigenvalue weighted by molar-refractivity contribution is -0.137. The van der Waals surface area contributed by atoms with Gasteiger partial charge >= 0.3 is 6.18 Å². The number of amides is 1. The average molecular weight is 454 g/mol. The Kier molecular flexibility index (Phi) is 6.60. The van der Waals surface area contributed by atoms with Gasteiger partial charge in [-0.1, -0.05) is 20.8 Å². The Morgan fingerprint density at radius 1 is 1.22 bits per heavy atom. The highest BCUT2D eigenvalue weighted by Crippen LogP contribution is 2.33. The van der Waals surface area contributed by atoms with Crippen LogP contribution in [0.1, 0.15) is 62.2 Å². The molecule has 0 saturated carbocycles. The van der Waals surface area contributed by atoms with Crippen LogP contribution >= 0.6 is 0 Å². The van der Waals surface area contributed by atoms with E-state index in [2.05, 4.69) is 4.99 Å². The zero-order valence-electron chi connectivity index (χ0n) is 19.3. The number of hydrogen-bond acceptors (Lipinski definition) is 3. The zero-order valence-corrected chi connectivity index (χ0v) is 19.3. The number of ether oxygens (including phenoxy) is 2. The van der Waals surface area contributed by atoms with Gasteiger partial charge in [-0.3, -0.25) is 14.2 Å². The third kappa shape index (κ3) is 5.09. The van der Waals surface area contributed by atoms with Gasteiger partial charge in [0.15, 0.2) is 5.49 Å². The number of methoxy groups -OCH3 is 1. The van der Waals surface area contributed by atoms with Crippen molar-refractivity contribution in [3.63, 3.8) is 0 Å². The van der Waals surface area contributed by atoms with E-state index in [9.17, 15) is 18.0 Å². The fourth-order valence-electron chi connectivity index (χ4n) is 4.01. The summed E-state index contributed by atoms with van der Waals surface area (Å²) in [5.74, 6) is -0.758. The molecule has 6 nitrogen and oxygen atoms in total. The van der Waals surface area contributed by atoms with E-state index in [0.717, 1.165) is 36.7 Å². The molecule has 1 aromatic heterocycles. The molecule has 9 heteroatoms. The molecule has 1 fully saturated rings. The van der Waals surface area contributed by atoms with Gasteiger partial charge in [-0.15, -0.1) is 0 Å². The fourth-order valence-corrected chi connectivity index (χ4v) is 4.01. The number of aromatic nitrogens is 2. The standard InChI is InChI=1S/C23H30F3N3O3/c1-14-7-9-16(32-14)13-29-20(12-19(28(29)5)22(2,3)4)27-21(30)17-11-15(23(24,25)26)8-10-18(17)31-6/h8,10-12,14,16H,7,9,13H2,1-6H3/t14-,16+/m0/s1. The monoisotopic (exact) mass is 453 g/mol. The van der Waals surface area contributed by atoms with Crippen molar-refractivity contribution in [2.24, 2.45) is 12.0 Å². The van der Waals surface area contributed by atoms with E-state index in [1.807, 2.05) is 44.1 Å². The molecule has 0 spiro atoms. The second-order valence-electron chi connectivity index (χ2n) is 9.22. The van der Waals surface area contributed by atoms with Crippen LogP contribution in [0.4, 0.5) is 13.2 Å². The third-order valence-electron chi connectivity index (χ3n) is 5.68. The molecule has 3 rings (SSSR count). The van der Waals surface area contributed by atoms with Crippen LogP contribution < -0.4 is 10.2 Å². The molecular weight excluding hydrogens is 423 g/mol. The predicted molar refractivity (Wildman–Crippen MR) is 114 cm³/mol. The van der Waals surface area contributed by atoms with Crippen LogP contribution in [-0.4, -0.2) is 34.6 Å². The van der Waals surface area contributed by atoms with Gasteiger partial charge in [0.25, 0.3) is 5.91 Å². The third-order valence-corrected chi connectivity index (χ3v) is 5.68. The predicted octanol–water partition coefficient (Wildman–Crippen LogP) is 4.46. The fraction of sp³-hybridized carbons (Fsp3) is 0.565. The van der Waals surface area contributed by atoms with Gasteiger partial charge in [-0.2, -0.15) is 18.2 Å². The maximum absolute atomic E-state index is 13.2.